The molecule has 0 aromatic heterocycles. The highest BCUT2D eigenvalue weighted by Crippen LogP contribution is 2.17. The molecule has 1 fully saturated rings. The molecule has 1 aliphatic carbocycles. The number of carbonyl (C=O) groups excluding carboxylic acids is 1. The van der Waals surface area contributed by atoms with Gasteiger partial charge in [-0.25, -0.2) is 0 Å². The minimum absolute atomic E-state index is 0.0575. The summed E-state index contributed by atoms with van der Waals surface area (Å²) in [5, 5.41) is 5.34. The Kier molecular flexibility index (Phi) is 5.81. The smallest absolute Gasteiger partial charge is 0.278 e. The van der Waals surface area contributed by atoms with Gasteiger partial charge in [0.25, 0.3) is 5.91 Å². The number of quaternary nitrogens is 1. The van der Waals surface area contributed by atoms with E-state index in [1.807, 2.05) is 6.92 Å². The molecule has 0 bridgehead atoms. The largest absolute Gasteiger partial charge is 0.348 e. The SMILES string of the molecule is CCC[C@@H](C)[NH2+][C@@H](C)C(=O)NC1CCCC1. The van der Waals surface area contributed by atoms with Crippen molar-refractivity contribution >= 4 is 5.91 Å². The summed E-state index contributed by atoms with van der Waals surface area (Å²) in [4.78, 5) is 11.9. The standard InChI is InChI=1S/C13H26N2O/c1-4-7-10(2)14-11(3)13(16)15-12-8-5-6-9-12/h10-12,14H,4-9H2,1-3H3,(H,15,16)/p+1/t10-,11+/m1/s1. The molecule has 0 heterocycles. The first kappa shape index (κ1) is 13.5. The third-order valence-corrected chi connectivity index (χ3v) is 3.48. The summed E-state index contributed by atoms with van der Waals surface area (Å²) < 4.78 is 0. The van der Waals surface area contributed by atoms with E-state index in [0.717, 1.165) is 0 Å². The molecule has 3 heteroatoms. The highest BCUT2D eigenvalue weighted by molar-refractivity contribution is 5.80. The number of amides is 1. The molecule has 0 aromatic carbocycles. The van der Waals surface area contributed by atoms with Gasteiger partial charge in [0, 0.05) is 6.04 Å². The van der Waals surface area contributed by atoms with Crippen LogP contribution in [0.5, 0.6) is 0 Å². The van der Waals surface area contributed by atoms with Crippen molar-refractivity contribution in [3.8, 4) is 0 Å². The van der Waals surface area contributed by atoms with Gasteiger partial charge >= 0.3 is 0 Å². The van der Waals surface area contributed by atoms with Gasteiger partial charge in [0.2, 0.25) is 0 Å². The fourth-order valence-electron chi connectivity index (χ4n) is 2.53. The van der Waals surface area contributed by atoms with Gasteiger partial charge in [-0.15, -0.1) is 0 Å². The van der Waals surface area contributed by atoms with Crippen LogP contribution in [0.25, 0.3) is 0 Å². The quantitative estimate of drug-likeness (QED) is 0.703. The first-order valence-electron chi connectivity index (χ1n) is 6.78. The zero-order valence-corrected chi connectivity index (χ0v) is 11.0. The van der Waals surface area contributed by atoms with Crippen LogP contribution < -0.4 is 10.6 Å². The highest BCUT2D eigenvalue weighted by atomic mass is 16.2. The van der Waals surface area contributed by atoms with Crippen molar-refractivity contribution in [1.29, 1.82) is 0 Å². The van der Waals surface area contributed by atoms with Crippen molar-refractivity contribution in [2.24, 2.45) is 0 Å². The summed E-state index contributed by atoms with van der Waals surface area (Å²) in [5.74, 6) is 0.217. The van der Waals surface area contributed by atoms with E-state index >= 15 is 0 Å². The summed E-state index contributed by atoms with van der Waals surface area (Å²) in [6, 6.07) is 1.06. The molecule has 2 atom stereocenters. The fraction of sp³-hybridized carbons (Fsp3) is 0.923. The lowest BCUT2D eigenvalue weighted by molar-refractivity contribution is -0.704. The lowest BCUT2D eigenvalue weighted by Crippen LogP contribution is -2.96. The summed E-state index contributed by atoms with van der Waals surface area (Å²) in [7, 11) is 0. The molecule has 16 heavy (non-hydrogen) atoms. The number of hydrogen-bond donors (Lipinski definition) is 2. The van der Waals surface area contributed by atoms with Crippen molar-refractivity contribution in [3.05, 3.63) is 0 Å². The molecule has 3 N–H and O–H groups in total. The number of rotatable bonds is 6. The summed E-state index contributed by atoms with van der Waals surface area (Å²) in [5.41, 5.74) is 0. The topological polar surface area (TPSA) is 45.7 Å². The maximum absolute atomic E-state index is 11.9. The van der Waals surface area contributed by atoms with Crippen LogP contribution in [0.2, 0.25) is 0 Å². The Morgan fingerprint density at radius 2 is 2.00 bits per heavy atom. The first-order valence-corrected chi connectivity index (χ1v) is 6.78. The number of hydrogen-bond acceptors (Lipinski definition) is 1. The number of carbonyl (C=O) groups is 1. The molecule has 1 aliphatic rings. The molecule has 0 radical (unpaired) electrons. The summed E-state index contributed by atoms with van der Waals surface area (Å²) in [6.45, 7) is 6.40. The minimum Gasteiger partial charge on any atom is -0.348 e. The van der Waals surface area contributed by atoms with Crippen LogP contribution in [0.4, 0.5) is 0 Å². The molecule has 0 saturated heterocycles. The van der Waals surface area contributed by atoms with Gasteiger partial charge in [-0.1, -0.05) is 26.2 Å². The normalized spacial score (nSPS) is 20.7. The van der Waals surface area contributed by atoms with Gasteiger partial charge in [-0.3, -0.25) is 4.79 Å². The Balaban J connectivity index is 2.23. The van der Waals surface area contributed by atoms with Crippen molar-refractivity contribution in [1.82, 2.24) is 5.32 Å². The van der Waals surface area contributed by atoms with E-state index in [4.69, 9.17) is 0 Å². The van der Waals surface area contributed by atoms with E-state index in [2.05, 4.69) is 24.5 Å². The molecule has 94 valence electrons. The average molecular weight is 227 g/mol. The van der Waals surface area contributed by atoms with Crippen LogP contribution in [0.15, 0.2) is 0 Å². The zero-order chi connectivity index (χ0) is 12.0. The second-order valence-electron chi connectivity index (χ2n) is 5.24. The monoisotopic (exact) mass is 227 g/mol. The van der Waals surface area contributed by atoms with Gasteiger partial charge in [-0.05, 0) is 33.1 Å². The maximum atomic E-state index is 11.9. The molecule has 1 amide bonds. The molecule has 0 spiro atoms. The van der Waals surface area contributed by atoms with Gasteiger partial charge in [0.15, 0.2) is 6.04 Å². The van der Waals surface area contributed by atoms with E-state index in [0.29, 0.717) is 12.1 Å². The molecular formula is C13H27N2O+. The van der Waals surface area contributed by atoms with Gasteiger partial charge < -0.3 is 10.6 Å². The first-order chi connectivity index (χ1) is 7.63. The van der Waals surface area contributed by atoms with Crippen LogP contribution in [0.3, 0.4) is 0 Å². The van der Waals surface area contributed by atoms with Crippen molar-refractivity contribution < 1.29 is 10.1 Å². The Morgan fingerprint density at radius 1 is 1.38 bits per heavy atom. The maximum Gasteiger partial charge on any atom is 0.278 e. The predicted octanol–water partition coefficient (Wildman–Crippen LogP) is 1.19. The van der Waals surface area contributed by atoms with Crippen molar-refractivity contribution in [2.75, 3.05) is 0 Å². The van der Waals surface area contributed by atoms with E-state index < -0.39 is 0 Å². The summed E-state index contributed by atoms with van der Waals surface area (Å²) >= 11 is 0. The van der Waals surface area contributed by atoms with E-state index in [-0.39, 0.29) is 11.9 Å². The third-order valence-electron chi connectivity index (χ3n) is 3.48. The second kappa shape index (κ2) is 6.89. The van der Waals surface area contributed by atoms with Gasteiger partial charge in [0.1, 0.15) is 0 Å². The Labute approximate surface area is 99.4 Å². The van der Waals surface area contributed by atoms with E-state index in [1.165, 1.54) is 38.5 Å². The van der Waals surface area contributed by atoms with E-state index in [1.54, 1.807) is 0 Å². The average Bonchev–Trinajstić information content (AvgIpc) is 2.70. The lowest BCUT2D eigenvalue weighted by atomic mass is 10.1. The van der Waals surface area contributed by atoms with Crippen LogP contribution in [0.1, 0.15) is 59.3 Å². The molecule has 1 saturated carbocycles. The van der Waals surface area contributed by atoms with Crippen LogP contribution in [-0.4, -0.2) is 24.0 Å². The van der Waals surface area contributed by atoms with Crippen LogP contribution >= 0.6 is 0 Å². The molecule has 0 unspecified atom stereocenters. The zero-order valence-electron chi connectivity index (χ0n) is 11.0. The Morgan fingerprint density at radius 3 is 2.56 bits per heavy atom. The molecular weight excluding hydrogens is 200 g/mol. The Hall–Kier alpha value is -0.570. The van der Waals surface area contributed by atoms with E-state index in [9.17, 15) is 4.79 Å². The van der Waals surface area contributed by atoms with Crippen molar-refractivity contribution in [2.45, 2.75) is 77.4 Å². The molecule has 0 aliphatic heterocycles. The predicted molar refractivity (Wildman–Crippen MR) is 66.2 cm³/mol. The van der Waals surface area contributed by atoms with Crippen LogP contribution in [0, 0.1) is 0 Å². The molecule has 1 rings (SSSR count). The summed E-state index contributed by atoms with van der Waals surface area (Å²) in [6.07, 6.45) is 7.26. The molecule has 0 aromatic rings. The lowest BCUT2D eigenvalue weighted by Gasteiger charge is -2.18. The third kappa shape index (κ3) is 4.52. The molecule has 3 nitrogen and oxygen atoms in total. The van der Waals surface area contributed by atoms with Crippen molar-refractivity contribution in [3.63, 3.8) is 0 Å². The number of nitrogens with one attached hydrogen (secondary N) is 1. The fourth-order valence-corrected chi connectivity index (χ4v) is 2.53. The Bertz CT molecular complexity index is 212. The minimum atomic E-state index is 0.0575. The van der Waals surface area contributed by atoms with Gasteiger partial charge in [-0.2, -0.15) is 0 Å². The van der Waals surface area contributed by atoms with Gasteiger partial charge in [0.05, 0.1) is 6.04 Å². The second-order valence-corrected chi connectivity index (χ2v) is 5.24. The highest BCUT2D eigenvalue weighted by Gasteiger charge is 2.23. The number of nitrogens with two attached hydrogens (primary N) is 1. The van der Waals surface area contributed by atoms with Crippen LogP contribution in [-0.2, 0) is 4.79 Å².